The van der Waals surface area contributed by atoms with Gasteiger partial charge in [0.05, 0.1) is 9.72 Å². The molecular formula is C7H4ClIN2O2S2. The van der Waals surface area contributed by atoms with E-state index >= 15 is 0 Å². The Kier molecular flexibility index (Phi) is 2.93. The molecule has 0 saturated heterocycles. The highest BCUT2D eigenvalue weighted by molar-refractivity contribution is 14.1. The first-order valence-electron chi connectivity index (χ1n) is 3.67. The molecule has 0 aliphatic rings. The number of halogens is 2. The number of fused-ring (bicyclic) bond motifs is 1. The molecule has 1 heterocycles. The number of rotatable bonds is 1. The summed E-state index contributed by atoms with van der Waals surface area (Å²) in [6, 6.07) is 3.02. The van der Waals surface area contributed by atoms with Crippen LogP contribution in [0.5, 0.6) is 0 Å². The molecule has 80 valence electrons. The van der Waals surface area contributed by atoms with Crippen molar-refractivity contribution in [3.63, 3.8) is 0 Å². The van der Waals surface area contributed by atoms with Gasteiger partial charge in [-0.1, -0.05) is 11.6 Å². The number of aromatic nitrogens is 1. The topological polar surface area (TPSA) is 73.1 Å². The van der Waals surface area contributed by atoms with Gasteiger partial charge in [-0.15, -0.1) is 0 Å². The fraction of sp³-hybridized carbons (Fsp3) is 0. The van der Waals surface area contributed by atoms with E-state index in [9.17, 15) is 8.42 Å². The van der Waals surface area contributed by atoms with Crippen LogP contribution in [0.2, 0.25) is 5.02 Å². The van der Waals surface area contributed by atoms with Crippen molar-refractivity contribution in [3.05, 3.63) is 20.9 Å². The molecule has 2 aromatic rings. The summed E-state index contributed by atoms with van der Waals surface area (Å²) in [6.45, 7) is 0. The lowest BCUT2D eigenvalue weighted by atomic mass is 10.3. The molecule has 0 spiro atoms. The van der Waals surface area contributed by atoms with Crippen LogP contribution in [0.4, 0.5) is 0 Å². The summed E-state index contributed by atoms with van der Waals surface area (Å²) in [5.74, 6) is 0. The Morgan fingerprint density at radius 3 is 2.73 bits per heavy atom. The molecule has 0 aliphatic carbocycles. The Bertz CT molecular complexity index is 638. The molecule has 0 atom stereocenters. The summed E-state index contributed by atoms with van der Waals surface area (Å²) in [6.07, 6.45) is 0. The lowest BCUT2D eigenvalue weighted by Crippen LogP contribution is -2.12. The average molecular weight is 375 g/mol. The molecule has 2 N–H and O–H groups in total. The highest BCUT2D eigenvalue weighted by atomic mass is 127. The summed E-state index contributed by atoms with van der Waals surface area (Å²) in [5, 5.41) is 6.00. The highest BCUT2D eigenvalue weighted by Gasteiger charge is 2.16. The number of primary sulfonamides is 1. The third kappa shape index (κ3) is 2.11. The molecule has 15 heavy (non-hydrogen) atoms. The van der Waals surface area contributed by atoms with Crippen molar-refractivity contribution < 1.29 is 8.42 Å². The van der Waals surface area contributed by atoms with Crippen LogP contribution in [0.1, 0.15) is 0 Å². The van der Waals surface area contributed by atoms with Gasteiger partial charge in [-0.2, -0.15) is 4.37 Å². The van der Waals surface area contributed by atoms with E-state index in [-0.39, 0.29) is 9.92 Å². The van der Waals surface area contributed by atoms with Crippen molar-refractivity contribution in [1.29, 1.82) is 0 Å². The molecule has 8 heteroatoms. The normalized spacial score (nSPS) is 12.2. The summed E-state index contributed by atoms with van der Waals surface area (Å²) in [5.41, 5.74) is 0. The first-order valence-corrected chi connectivity index (χ1v) is 7.44. The lowest BCUT2D eigenvalue weighted by molar-refractivity contribution is 0.598. The third-order valence-corrected chi connectivity index (χ3v) is 5.12. The summed E-state index contributed by atoms with van der Waals surface area (Å²) >= 11 is 9.11. The van der Waals surface area contributed by atoms with Gasteiger partial charge in [0.2, 0.25) is 10.0 Å². The van der Waals surface area contributed by atoms with Crippen LogP contribution in [-0.4, -0.2) is 12.8 Å². The van der Waals surface area contributed by atoms with Crippen molar-refractivity contribution in [1.82, 2.24) is 4.37 Å². The largest absolute Gasteiger partial charge is 0.239 e. The van der Waals surface area contributed by atoms with Gasteiger partial charge in [-0.3, -0.25) is 0 Å². The maximum Gasteiger partial charge on any atom is 0.239 e. The zero-order valence-electron chi connectivity index (χ0n) is 7.07. The molecular weight excluding hydrogens is 371 g/mol. The maximum absolute atomic E-state index is 11.2. The smallest absolute Gasteiger partial charge is 0.225 e. The predicted molar refractivity (Wildman–Crippen MR) is 68.7 cm³/mol. The predicted octanol–water partition coefficient (Wildman–Crippen LogP) is 2.20. The number of benzene rings is 1. The number of hydrogen-bond donors (Lipinski definition) is 1. The van der Waals surface area contributed by atoms with Crippen molar-refractivity contribution >= 4 is 65.8 Å². The van der Waals surface area contributed by atoms with Gasteiger partial charge >= 0.3 is 0 Å². The van der Waals surface area contributed by atoms with Crippen LogP contribution in [0.15, 0.2) is 17.0 Å². The zero-order chi connectivity index (χ0) is 11.2. The van der Waals surface area contributed by atoms with Crippen LogP contribution in [0, 0.1) is 3.70 Å². The van der Waals surface area contributed by atoms with Crippen molar-refractivity contribution in [3.8, 4) is 0 Å². The fourth-order valence-electron chi connectivity index (χ4n) is 1.13. The minimum Gasteiger partial charge on any atom is -0.225 e. The van der Waals surface area contributed by atoms with Crippen LogP contribution < -0.4 is 5.14 Å². The molecule has 2 rings (SSSR count). The van der Waals surface area contributed by atoms with Gasteiger partial charge in [0.15, 0.2) is 0 Å². The summed E-state index contributed by atoms with van der Waals surface area (Å²) in [4.78, 5) is -0.0586. The molecule has 0 radical (unpaired) electrons. The molecule has 0 bridgehead atoms. The molecule has 0 fully saturated rings. The second kappa shape index (κ2) is 3.81. The summed E-state index contributed by atoms with van der Waals surface area (Å²) in [7, 11) is -3.77. The van der Waals surface area contributed by atoms with Gasteiger partial charge in [0, 0.05) is 5.39 Å². The molecule has 1 aromatic carbocycles. The van der Waals surface area contributed by atoms with E-state index < -0.39 is 10.0 Å². The molecule has 0 amide bonds. The highest BCUT2D eigenvalue weighted by Crippen LogP contribution is 2.31. The molecule has 0 saturated carbocycles. The Morgan fingerprint density at radius 1 is 1.47 bits per heavy atom. The number of sulfonamides is 1. The Balaban J connectivity index is 2.86. The number of nitrogens with two attached hydrogens (primary N) is 1. The van der Waals surface area contributed by atoms with Gasteiger partial charge in [0.25, 0.3) is 0 Å². The van der Waals surface area contributed by atoms with Gasteiger partial charge in [-0.25, -0.2) is 13.6 Å². The second-order valence-electron chi connectivity index (χ2n) is 2.80. The minimum absolute atomic E-state index is 0.0586. The van der Waals surface area contributed by atoms with E-state index in [1.54, 1.807) is 6.07 Å². The van der Waals surface area contributed by atoms with Gasteiger partial charge < -0.3 is 0 Å². The summed E-state index contributed by atoms with van der Waals surface area (Å²) < 4.78 is 28.0. The number of nitrogens with zero attached hydrogens (tertiary/aromatic N) is 1. The second-order valence-corrected chi connectivity index (χ2v) is 6.56. The van der Waals surface area contributed by atoms with Gasteiger partial charge in [-0.05, 0) is 46.3 Å². The molecule has 0 unspecified atom stereocenters. The molecule has 0 aliphatic heterocycles. The molecule has 4 nitrogen and oxygen atoms in total. The van der Waals surface area contributed by atoms with E-state index in [0.29, 0.717) is 0 Å². The van der Waals surface area contributed by atoms with Crippen LogP contribution in [0.25, 0.3) is 10.1 Å². The Morgan fingerprint density at radius 2 is 2.13 bits per heavy atom. The number of hydrogen-bond acceptors (Lipinski definition) is 4. The SMILES string of the molecule is NS(=O)(=O)c1cc2snc(I)c2cc1Cl. The fourth-order valence-corrected chi connectivity index (χ4v) is 3.93. The Hall–Kier alpha value is 0.0400. The van der Waals surface area contributed by atoms with Crippen LogP contribution in [0.3, 0.4) is 0 Å². The van der Waals surface area contributed by atoms with E-state index in [4.69, 9.17) is 16.7 Å². The third-order valence-electron chi connectivity index (χ3n) is 1.79. The van der Waals surface area contributed by atoms with Crippen molar-refractivity contribution in [2.75, 3.05) is 0 Å². The van der Waals surface area contributed by atoms with Crippen molar-refractivity contribution in [2.45, 2.75) is 4.90 Å². The monoisotopic (exact) mass is 374 g/mol. The molecule has 1 aromatic heterocycles. The average Bonchev–Trinajstić information content (AvgIpc) is 2.45. The maximum atomic E-state index is 11.2. The Labute approximate surface area is 109 Å². The van der Waals surface area contributed by atoms with E-state index in [1.807, 2.05) is 0 Å². The van der Waals surface area contributed by atoms with Crippen molar-refractivity contribution in [2.24, 2.45) is 5.14 Å². The van der Waals surface area contributed by atoms with E-state index in [1.165, 1.54) is 17.6 Å². The first kappa shape index (κ1) is 11.5. The lowest BCUT2D eigenvalue weighted by Gasteiger charge is -2.01. The minimum atomic E-state index is -3.77. The first-order chi connectivity index (χ1) is 6.89. The van der Waals surface area contributed by atoms with Crippen LogP contribution >= 0.6 is 45.7 Å². The standard InChI is InChI=1S/C7H4ClIN2O2S2/c8-4-1-3-5(14-11-7(3)9)2-6(4)15(10,12)13/h1-2H,(H2,10,12,13). The van der Waals surface area contributed by atoms with Gasteiger partial charge in [0.1, 0.15) is 8.60 Å². The van der Waals surface area contributed by atoms with E-state index in [0.717, 1.165) is 13.8 Å². The quantitative estimate of drug-likeness (QED) is 0.778. The van der Waals surface area contributed by atoms with E-state index in [2.05, 4.69) is 27.0 Å². The zero-order valence-corrected chi connectivity index (χ0v) is 11.6. The van der Waals surface area contributed by atoms with Crippen LogP contribution in [-0.2, 0) is 10.0 Å².